The van der Waals surface area contributed by atoms with Gasteiger partial charge in [-0.05, 0) is 25.5 Å². The zero-order chi connectivity index (χ0) is 7.28. The van der Waals surface area contributed by atoms with Crippen molar-refractivity contribution in [2.24, 2.45) is 5.73 Å². The van der Waals surface area contributed by atoms with Gasteiger partial charge in [0.1, 0.15) is 0 Å². The average molecular weight is 123 g/mol. The maximum absolute atomic E-state index is 5.56. The third kappa shape index (κ3) is 2.75. The summed E-state index contributed by atoms with van der Waals surface area (Å²) in [6.45, 7) is 7.46. The molecular weight excluding hydrogens is 110 g/mol. The second-order valence-electron chi connectivity index (χ2n) is 1.84. The standard InChI is InChI=1S/C8H13N/c1-4-6-8(9)7(3)5-2/h4-6H,2,9H2,1,3H3/b6-4-,8-7+. The van der Waals surface area contributed by atoms with Gasteiger partial charge in [0.25, 0.3) is 0 Å². The largest absolute Gasteiger partial charge is 0.399 e. The molecule has 0 amide bonds. The van der Waals surface area contributed by atoms with Gasteiger partial charge in [-0.15, -0.1) is 0 Å². The van der Waals surface area contributed by atoms with Gasteiger partial charge in [0.2, 0.25) is 0 Å². The molecule has 2 N–H and O–H groups in total. The molecular formula is C8H13N. The van der Waals surface area contributed by atoms with Crippen LogP contribution in [0.3, 0.4) is 0 Å². The molecule has 0 bridgehead atoms. The van der Waals surface area contributed by atoms with E-state index >= 15 is 0 Å². The third-order valence-electron chi connectivity index (χ3n) is 1.11. The Balaban J connectivity index is 4.27. The van der Waals surface area contributed by atoms with Gasteiger partial charge < -0.3 is 5.73 Å². The van der Waals surface area contributed by atoms with Crippen LogP contribution in [-0.2, 0) is 0 Å². The van der Waals surface area contributed by atoms with Gasteiger partial charge in [0.15, 0.2) is 0 Å². The molecule has 0 aromatic carbocycles. The number of nitrogens with two attached hydrogens (primary N) is 1. The van der Waals surface area contributed by atoms with E-state index in [9.17, 15) is 0 Å². The minimum atomic E-state index is 0.785. The first-order valence-electron chi connectivity index (χ1n) is 2.93. The number of allylic oxidation sites excluding steroid dienone is 4. The highest BCUT2D eigenvalue weighted by Crippen LogP contribution is 1.98. The molecule has 1 nitrogen and oxygen atoms in total. The summed E-state index contributed by atoms with van der Waals surface area (Å²) in [5.74, 6) is 0. The van der Waals surface area contributed by atoms with Crippen molar-refractivity contribution in [1.29, 1.82) is 0 Å². The lowest BCUT2D eigenvalue weighted by Gasteiger charge is -1.94. The number of hydrogen-bond donors (Lipinski definition) is 1. The Morgan fingerprint density at radius 2 is 2.11 bits per heavy atom. The Morgan fingerprint density at radius 1 is 1.56 bits per heavy atom. The summed E-state index contributed by atoms with van der Waals surface area (Å²) < 4.78 is 0. The highest BCUT2D eigenvalue weighted by molar-refractivity contribution is 5.27. The van der Waals surface area contributed by atoms with Crippen LogP contribution in [0.5, 0.6) is 0 Å². The van der Waals surface area contributed by atoms with Crippen LogP contribution in [-0.4, -0.2) is 0 Å². The molecule has 0 aliphatic carbocycles. The lowest BCUT2D eigenvalue weighted by atomic mass is 10.2. The van der Waals surface area contributed by atoms with Crippen LogP contribution < -0.4 is 5.73 Å². The summed E-state index contributed by atoms with van der Waals surface area (Å²) in [6, 6.07) is 0. The average Bonchev–Trinajstić information content (AvgIpc) is 1.87. The summed E-state index contributed by atoms with van der Waals surface area (Å²) in [5.41, 5.74) is 7.37. The van der Waals surface area contributed by atoms with Crippen molar-refractivity contribution < 1.29 is 0 Å². The van der Waals surface area contributed by atoms with Crippen molar-refractivity contribution in [3.63, 3.8) is 0 Å². The summed E-state index contributed by atoms with van der Waals surface area (Å²) in [6.07, 6.45) is 5.51. The Morgan fingerprint density at radius 3 is 2.44 bits per heavy atom. The smallest absolute Gasteiger partial charge is 0.0340 e. The molecule has 0 spiro atoms. The minimum Gasteiger partial charge on any atom is -0.399 e. The third-order valence-corrected chi connectivity index (χ3v) is 1.11. The summed E-state index contributed by atoms with van der Waals surface area (Å²) in [7, 11) is 0. The van der Waals surface area contributed by atoms with Gasteiger partial charge in [-0.25, -0.2) is 0 Å². The maximum Gasteiger partial charge on any atom is 0.0340 e. The Labute approximate surface area is 56.6 Å². The second-order valence-corrected chi connectivity index (χ2v) is 1.84. The van der Waals surface area contributed by atoms with Gasteiger partial charge in [-0.2, -0.15) is 0 Å². The van der Waals surface area contributed by atoms with Crippen molar-refractivity contribution in [2.75, 3.05) is 0 Å². The molecule has 0 aliphatic rings. The monoisotopic (exact) mass is 123 g/mol. The molecule has 0 aromatic rings. The second kappa shape index (κ2) is 3.96. The molecule has 50 valence electrons. The van der Waals surface area contributed by atoms with Gasteiger partial charge in [-0.3, -0.25) is 0 Å². The molecule has 0 aromatic heterocycles. The molecule has 0 rings (SSSR count). The molecule has 0 atom stereocenters. The van der Waals surface area contributed by atoms with Crippen LogP contribution in [0.4, 0.5) is 0 Å². The molecule has 0 heterocycles. The predicted molar refractivity (Wildman–Crippen MR) is 41.9 cm³/mol. The van der Waals surface area contributed by atoms with E-state index in [0.29, 0.717) is 0 Å². The van der Waals surface area contributed by atoms with Gasteiger partial charge in [0, 0.05) is 5.70 Å². The number of rotatable bonds is 2. The van der Waals surface area contributed by atoms with Crippen LogP contribution >= 0.6 is 0 Å². The molecule has 0 saturated heterocycles. The minimum absolute atomic E-state index is 0.785. The molecule has 9 heavy (non-hydrogen) atoms. The van der Waals surface area contributed by atoms with E-state index in [-0.39, 0.29) is 0 Å². The molecule has 0 radical (unpaired) electrons. The molecule has 0 unspecified atom stereocenters. The summed E-state index contributed by atoms with van der Waals surface area (Å²) in [4.78, 5) is 0. The van der Waals surface area contributed by atoms with Crippen LogP contribution in [0.1, 0.15) is 13.8 Å². The van der Waals surface area contributed by atoms with Gasteiger partial charge in [0.05, 0.1) is 0 Å². The van der Waals surface area contributed by atoms with E-state index in [4.69, 9.17) is 5.73 Å². The zero-order valence-electron chi connectivity index (χ0n) is 6.02. The Bertz CT molecular complexity index is 152. The van der Waals surface area contributed by atoms with Gasteiger partial charge in [-0.1, -0.05) is 18.7 Å². The van der Waals surface area contributed by atoms with Crippen LogP contribution in [0.2, 0.25) is 0 Å². The highest BCUT2D eigenvalue weighted by Gasteiger charge is 1.84. The maximum atomic E-state index is 5.56. The molecule has 0 aliphatic heterocycles. The SMILES string of the molecule is C=C/C(C)=C(N)\C=C/C. The van der Waals surface area contributed by atoms with Crippen molar-refractivity contribution in [1.82, 2.24) is 0 Å². The van der Waals surface area contributed by atoms with Crippen molar-refractivity contribution in [3.05, 3.63) is 36.1 Å². The summed E-state index contributed by atoms with van der Waals surface area (Å²) in [5, 5.41) is 0. The van der Waals surface area contributed by atoms with Crippen LogP contribution in [0, 0.1) is 0 Å². The Kier molecular flexibility index (Phi) is 3.52. The molecule has 0 saturated carbocycles. The molecule has 0 fully saturated rings. The Hall–Kier alpha value is -0.980. The highest BCUT2D eigenvalue weighted by atomic mass is 14.6. The molecule has 1 heteroatoms. The van der Waals surface area contributed by atoms with Crippen molar-refractivity contribution in [3.8, 4) is 0 Å². The fourth-order valence-corrected chi connectivity index (χ4v) is 0.429. The topological polar surface area (TPSA) is 26.0 Å². The van der Waals surface area contributed by atoms with Crippen molar-refractivity contribution in [2.45, 2.75) is 13.8 Å². The number of hydrogen-bond acceptors (Lipinski definition) is 1. The van der Waals surface area contributed by atoms with E-state index < -0.39 is 0 Å². The van der Waals surface area contributed by atoms with E-state index in [1.54, 1.807) is 6.08 Å². The lowest BCUT2D eigenvalue weighted by molar-refractivity contribution is 1.32. The zero-order valence-corrected chi connectivity index (χ0v) is 6.02. The van der Waals surface area contributed by atoms with E-state index in [2.05, 4.69) is 6.58 Å². The first-order valence-corrected chi connectivity index (χ1v) is 2.93. The van der Waals surface area contributed by atoms with Crippen LogP contribution in [0.15, 0.2) is 36.1 Å². The fourth-order valence-electron chi connectivity index (χ4n) is 0.429. The quantitative estimate of drug-likeness (QED) is 0.558. The first kappa shape index (κ1) is 8.02. The first-order chi connectivity index (χ1) is 4.22. The summed E-state index contributed by atoms with van der Waals surface area (Å²) >= 11 is 0. The van der Waals surface area contributed by atoms with E-state index in [1.807, 2.05) is 26.0 Å². The van der Waals surface area contributed by atoms with Crippen LogP contribution in [0.25, 0.3) is 0 Å². The predicted octanol–water partition coefficient (Wildman–Crippen LogP) is 1.98. The van der Waals surface area contributed by atoms with E-state index in [0.717, 1.165) is 11.3 Å². The normalized spacial score (nSPS) is 13.6. The van der Waals surface area contributed by atoms with Crippen molar-refractivity contribution >= 4 is 0 Å². The fraction of sp³-hybridized carbons (Fsp3) is 0.250. The van der Waals surface area contributed by atoms with Gasteiger partial charge >= 0.3 is 0 Å². The van der Waals surface area contributed by atoms with E-state index in [1.165, 1.54) is 0 Å². The lowest BCUT2D eigenvalue weighted by Crippen LogP contribution is -1.94.